The van der Waals surface area contributed by atoms with Gasteiger partial charge in [0.25, 0.3) is 5.91 Å². The number of nitrogens with two attached hydrogens (primary N) is 1. The molecule has 0 radical (unpaired) electrons. The molecule has 1 saturated carbocycles. The summed E-state index contributed by atoms with van der Waals surface area (Å²) in [5.41, 5.74) is 6.72. The molecule has 0 heterocycles. The van der Waals surface area contributed by atoms with E-state index in [1.807, 2.05) is 6.92 Å². The Kier molecular flexibility index (Phi) is 7.44. The fourth-order valence-electron chi connectivity index (χ4n) is 3.06. The first-order valence-corrected chi connectivity index (χ1v) is 8.67. The highest BCUT2D eigenvalue weighted by atomic mass is 35.5. The average molecular weight is 368 g/mol. The molecule has 4 N–H and O–H groups in total. The molecule has 0 saturated heterocycles. The van der Waals surface area contributed by atoms with Gasteiger partial charge in [0.15, 0.2) is 0 Å². The molecular formula is C19H30ClN3O2. The van der Waals surface area contributed by atoms with Gasteiger partial charge in [0.05, 0.1) is 0 Å². The number of carbonyl (C=O) groups is 2. The lowest BCUT2D eigenvalue weighted by atomic mass is 9.90. The molecule has 2 rings (SSSR count). The number of nitrogens with one attached hydrogen (secondary N) is 2. The summed E-state index contributed by atoms with van der Waals surface area (Å²) in [6, 6.07) is 6.99. The lowest BCUT2D eigenvalue weighted by Crippen LogP contribution is -2.52. The molecule has 1 aromatic carbocycles. The van der Waals surface area contributed by atoms with Gasteiger partial charge in [0.2, 0.25) is 5.91 Å². The molecule has 6 heteroatoms. The fourth-order valence-corrected chi connectivity index (χ4v) is 3.06. The maximum Gasteiger partial charge on any atom is 0.251 e. The van der Waals surface area contributed by atoms with Gasteiger partial charge in [-0.2, -0.15) is 0 Å². The van der Waals surface area contributed by atoms with Crippen molar-refractivity contribution in [2.45, 2.75) is 46.1 Å². The van der Waals surface area contributed by atoms with Gasteiger partial charge < -0.3 is 16.4 Å². The topological polar surface area (TPSA) is 84.2 Å². The van der Waals surface area contributed by atoms with E-state index in [9.17, 15) is 9.59 Å². The van der Waals surface area contributed by atoms with Crippen molar-refractivity contribution >= 4 is 29.9 Å². The molecule has 1 fully saturated rings. The van der Waals surface area contributed by atoms with Gasteiger partial charge in [-0.15, -0.1) is 12.4 Å². The number of anilines is 1. The molecule has 2 amide bonds. The van der Waals surface area contributed by atoms with Crippen LogP contribution in [-0.4, -0.2) is 23.9 Å². The molecule has 1 aliphatic rings. The molecule has 25 heavy (non-hydrogen) atoms. The van der Waals surface area contributed by atoms with E-state index in [1.54, 1.807) is 24.3 Å². The third-order valence-electron chi connectivity index (χ3n) is 4.59. The highest BCUT2D eigenvalue weighted by Crippen LogP contribution is 2.38. The van der Waals surface area contributed by atoms with Crippen LogP contribution in [0, 0.1) is 17.8 Å². The molecule has 1 aliphatic carbocycles. The van der Waals surface area contributed by atoms with Gasteiger partial charge >= 0.3 is 0 Å². The summed E-state index contributed by atoms with van der Waals surface area (Å²) < 4.78 is 0. The van der Waals surface area contributed by atoms with Crippen LogP contribution in [-0.2, 0) is 4.79 Å². The Morgan fingerprint density at radius 3 is 2.28 bits per heavy atom. The van der Waals surface area contributed by atoms with Crippen molar-refractivity contribution in [3.8, 4) is 0 Å². The van der Waals surface area contributed by atoms with Crippen molar-refractivity contribution in [3.63, 3.8) is 0 Å². The van der Waals surface area contributed by atoms with Crippen molar-refractivity contribution in [2.75, 3.05) is 11.9 Å². The monoisotopic (exact) mass is 367 g/mol. The average Bonchev–Trinajstić information content (AvgIpc) is 3.24. The summed E-state index contributed by atoms with van der Waals surface area (Å²) in [4.78, 5) is 24.4. The van der Waals surface area contributed by atoms with Gasteiger partial charge in [-0.25, -0.2) is 0 Å². The minimum atomic E-state index is -0.416. The van der Waals surface area contributed by atoms with Crippen LogP contribution in [0.25, 0.3) is 0 Å². The van der Waals surface area contributed by atoms with E-state index in [2.05, 4.69) is 31.4 Å². The van der Waals surface area contributed by atoms with Crippen LogP contribution in [0.15, 0.2) is 24.3 Å². The predicted octanol–water partition coefficient (Wildman–Crippen LogP) is 3.20. The van der Waals surface area contributed by atoms with Crippen molar-refractivity contribution in [2.24, 2.45) is 23.5 Å². The number of carbonyl (C=O) groups excluding carboxylic acids is 2. The molecule has 0 spiro atoms. The summed E-state index contributed by atoms with van der Waals surface area (Å²) in [6.07, 6.45) is 1.78. The summed E-state index contributed by atoms with van der Waals surface area (Å²) >= 11 is 0. The van der Waals surface area contributed by atoms with E-state index in [0.29, 0.717) is 23.9 Å². The minimum absolute atomic E-state index is 0. The lowest BCUT2D eigenvalue weighted by molar-refractivity contribution is -0.117. The van der Waals surface area contributed by atoms with Crippen LogP contribution < -0.4 is 16.4 Å². The first-order chi connectivity index (χ1) is 11.2. The first kappa shape index (κ1) is 21.5. The van der Waals surface area contributed by atoms with Gasteiger partial charge in [-0.3, -0.25) is 9.59 Å². The molecule has 0 aliphatic heterocycles. The summed E-state index contributed by atoms with van der Waals surface area (Å²) in [5, 5.41) is 5.93. The SMILES string of the molecule is CC(C)CC(C)(CN)NC(=O)c1ccc(NC(=O)C2CC2C)cc1.Cl. The fraction of sp³-hybridized carbons (Fsp3) is 0.579. The quantitative estimate of drug-likeness (QED) is 0.691. The zero-order chi connectivity index (χ0) is 17.9. The van der Waals surface area contributed by atoms with E-state index in [0.717, 1.165) is 18.5 Å². The lowest BCUT2D eigenvalue weighted by Gasteiger charge is -2.31. The number of amides is 2. The van der Waals surface area contributed by atoms with Crippen LogP contribution in [0.3, 0.4) is 0 Å². The Hall–Kier alpha value is -1.59. The van der Waals surface area contributed by atoms with E-state index in [4.69, 9.17) is 5.73 Å². The first-order valence-electron chi connectivity index (χ1n) is 8.67. The second-order valence-corrected chi connectivity index (χ2v) is 7.70. The van der Waals surface area contributed by atoms with Gasteiger partial charge in [-0.1, -0.05) is 20.8 Å². The number of halogens is 1. The maximum absolute atomic E-state index is 12.4. The second-order valence-electron chi connectivity index (χ2n) is 7.70. The Morgan fingerprint density at radius 1 is 1.28 bits per heavy atom. The Labute approximate surface area is 156 Å². The highest BCUT2D eigenvalue weighted by molar-refractivity contribution is 5.97. The van der Waals surface area contributed by atoms with Crippen molar-refractivity contribution in [1.29, 1.82) is 0 Å². The number of hydrogen-bond acceptors (Lipinski definition) is 3. The summed E-state index contributed by atoms with van der Waals surface area (Å²) in [6.45, 7) is 8.65. The number of rotatable bonds is 7. The van der Waals surface area contributed by atoms with E-state index in [-0.39, 0.29) is 30.1 Å². The predicted molar refractivity (Wildman–Crippen MR) is 104 cm³/mol. The zero-order valence-corrected chi connectivity index (χ0v) is 16.3. The number of hydrogen-bond donors (Lipinski definition) is 3. The largest absolute Gasteiger partial charge is 0.346 e. The molecule has 1 aromatic rings. The van der Waals surface area contributed by atoms with Gasteiger partial charge in [0, 0.05) is 29.3 Å². The van der Waals surface area contributed by atoms with Crippen molar-refractivity contribution in [3.05, 3.63) is 29.8 Å². The minimum Gasteiger partial charge on any atom is -0.346 e. The molecule has 0 bridgehead atoms. The number of benzene rings is 1. The van der Waals surface area contributed by atoms with Crippen molar-refractivity contribution in [1.82, 2.24) is 5.32 Å². The van der Waals surface area contributed by atoms with E-state index in [1.165, 1.54) is 0 Å². The van der Waals surface area contributed by atoms with Gasteiger partial charge in [0.1, 0.15) is 0 Å². The molecular weight excluding hydrogens is 338 g/mol. The van der Waals surface area contributed by atoms with Crippen LogP contribution in [0.1, 0.15) is 50.9 Å². The van der Waals surface area contributed by atoms with Crippen molar-refractivity contribution < 1.29 is 9.59 Å². The highest BCUT2D eigenvalue weighted by Gasteiger charge is 2.39. The summed E-state index contributed by atoms with van der Waals surface area (Å²) in [5.74, 6) is 0.977. The van der Waals surface area contributed by atoms with Crippen LogP contribution >= 0.6 is 12.4 Å². The van der Waals surface area contributed by atoms with Crippen LogP contribution in [0.2, 0.25) is 0 Å². The standard InChI is InChI=1S/C19H29N3O2.ClH/c1-12(2)10-19(4,11-20)22-17(23)14-5-7-15(8-6-14)21-18(24)16-9-13(16)3;/h5-8,12-13,16H,9-11,20H2,1-4H3,(H,21,24)(H,22,23);1H. The molecule has 5 nitrogen and oxygen atoms in total. The zero-order valence-electron chi connectivity index (χ0n) is 15.5. The molecule has 3 unspecified atom stereocenters. The third kappa shape index (κ3) is 6.01. The normalized spacial score (nSPS) is 21.0. The Balaban J connectivity index is 0.00000312. The Morgan fingerprint density at radius 2 is 1.84 bits per heavy atom. The van der Waals surface area contributed by atoms with Crippen LogP contribution in [0.4, 0.5) is 5.69 Å². The third-order valence-corrected chi connectivity index (χ3v) is 4.59. The van der Waals surface area contributed by atoms with Crippen LogP contribution in [0.5, 0.6) is 0 Å². The molecule has 0 aromatic heterocycles. The van der Waals surface area contributed by atoms with Gasteiger partial charge in [-0.05, 0) is 55.9 Å². The molecule has 3 atom stereocenters. The Bertz CT molecular complexity index is 603. The smallest absolute Gasteiger partial charge is 0.251 e. The summed E-state index contributed by atoms with van der Waals surface area (Å²) in [7, 11) is 0. The maximum atomic E-state index is 12.4. The van der Waals surface area contributed by atoms with E-state index < -0.39 is 5.54 Å². The molecule has 140 valence electrons. The van der Waals surface area contributed by atoms with E-state index >= 15 is 0 Å². The second kappa shape index (κ2) is 8.68.